The number of amides is 2. The van der Waals surface area contributed by atoms with Crippen molar-refractivity contribution < 1.29 is 14.3 Å². The van der Waals surface area contributed by atoms with Gasteiger partial charge in [0.1, 0.15) is 0 Å². The molecule has 29 heavy (non-hydrogen) atoms. The fourth-order valence-corrected chi connectivity index (χ4v) is 4.08. The van der Waals surface area contributed by atoms with Gasteiger partial charge in [-0.05, 0) is 75.1 Å². The molecule has 0 fully saturated rings. The van der Waals surface area contributed by atoms with E-state index in [9.17, 15) is 9.59 Å². The molecule has 1 aliphatic rings. The van der Waals surface area contributed by atoms with Crippen molar-refractivity contribution in [2.45, 2.75) is 47.1 Å². The third-order valence-electron chi connectivity index (χ3n) is 5.58. The molecule has 1 unspecified atom stereocenters. The maximum absolute atomic E-state index is 13.6. The molecule has 1 aliphatic heterocycles. The first-order chi connectivity index (χ1) is 13.8. The van der Waals surface area contributed by atoms with Gasteiger partial charge in [-0.3, -0.25) is 9.69 Å². The molecule has 0 aromatic heterocycles. The molecule has 0 saturated heterocycles. The summed E-state index contributed by atoms with van der Waals surface area (Å²) >= 11 is 3.52. The van der Waals surface area contributed by atoms with Gasteiger partial charge in [-0.1, -0.05) is 28.9 Å². The topological polar surface area (TPSA) is 49.9 Å². The highest BCUT2D eigenvalue weighted by molar-refractivity contribution is 9.10. The number of hydrogen-bond acceptors (Lipinski definition) is 3. The lowest BCUT2D eigenvalue weighted by Crippen LogP contribution is -2.53. The van der Waals surface area contributed by atoms with E-state index in [-0.39, 0.29) is 18.0 Å². The minimum Gasteiger partial charge on any atom is -0.449 e. The number of hydrogen-bond donors (Lipinski definition) is 0. The normalized spacial score (nSPS) is 15.9. The SMILES string of the molecule is CCOC(=O)N1c2cc(C)c(C)cc2N(C(=O)c2cccc(Br)c2C)CC1CC. The average Bonchev–Trinajstić information content (AvgIpc) is 2.69. The highest BCUT2D eigenvalue weighted by Crippen LogP contribution is 2.40. The van der Waals surface area contributed by atoms with Gasteiger partial charge < -0.3 is 9.64 Å². The van der Waals surface area contributed by atoms with Gasteiger partial charge in [0.05, 0.1) is 24.0 Å². The van der Waals surface area contributed by atoms with Gasteiger partial charge in [-0.25, -0.2) is 4.79 Å². The Balaban J connectivity index is 2.15. The molecule has 1 atom stereocenters. The van der Waals surface area contributed by atoms with E-state index in [1.54, 1.807) is 16.7 Å². The lowest BCUT2D eigenvalue weighted by Gasteiger charge is -2.42. The molecule has 1 heterocycles. The highest BCUT2D eigenvalue weighted by atomic mass is 79.9. The Bertz CT molecular complexity index is 957. The minimum absolute atomic E-state index is 0.0599. The van der Waals surface area contributed by atoms with Crippen LogP contribution in [0, 0.1) is 20.8 Å². The molecule has 0 aliphatic carbocycles. The summed E-state index contributed by atoms with van der Waals surface area (Å²) in [7, 11) is 0. The zero-order valence-corrected chi connectivity index (χ0v) is 19.2. The molecular formula is C23H27BrN2O3. The van der Waals surface area contributed by atoms with Crippen LogP contribution in [0.1, 0.15) is 47.3 Å². The molecule has 0 N–H and O–H groups in total. The number of ether oxygens (including phenoxy) is 1. The first-order valence-electron chi connectivity index (χ1n) is 9.94. The third-order valence-corrected chi connectivity index (χ3v) is 6.44. The lowest BCUT2D eigenvalue weighted by atomic mass is 9.99. The van der Waals surface area contributed by atoms with E-state index in [0.717, 1.165) is 32.5 Å². The Morgan fingerprint density at radius 2 is 1.76 bits per heavy atom. The zero-order chi connectivity index (χ0) is 21.3. The number of halogens is 1. The van der Waals surface area contributed by atoms with Crippen molar-refractivity contribution >= 4 is 39.3 Å². The second-order valence-corrected chi connectivity index (χ2v) is 8.24. The molecule has 5 nitrogen and oxygen atoms in total. The summed E-state index contributed by atoms with van der Waals surface area (Å²) in [6, 6.07) is 9.48. The molecule has 0 saturated carbocycles. The zero-order valence-electron chi connectivity index (χ0n) is 17.6. The number of fused-ring (bicyclic) bond motifs is 1. The molecule has 3 rings (SSSR count). The van der Waals surface area contributed by atoms with Gasteiger partial charge in [0, 0.05) is 16.6 Å². The second kappa shape index (κ2) is 8.57. The Morgan fingerprint density at radius 1 is 1.10 bits per heavy atom. The first kappa shape index (κ1) is 21.4. The molecule has 2 aromatic carbocycles. The van der Waals surface area contributed by atoms with Gasteiger partial charge >= 0.3 is 6.09 Å². The van der Waals surface area contributed by atoms with Crippen LogP contribution in [-0.4, -0.2) is 31.2 Å². The summed E-state index contributed by atoms with van der Waals surface area (Å²) in [5, 5.41) is 0. The summed E-state index contributed by atoms with van der Waals surface area (Å²) in [5.41, 5.74) is 5.18. The van der Waals surface area contributed by atoms with Crippen molar-refractivity contribution in [3.63, 3.8) is 0 Å². The van der Waals surface area contributed by atoms with E-state index < -0.39 is 0 Å². The van der Waals surface area contributed by atoms with Crippen LogP contribution in [0.4, 0.5) is 16.2 Å². The van der Waals surface area contributed by atoms with Crippen LogP contribution in [0.3, 0.4) is 0 Å². The Labute approximate surface area is 180 Å². The van der Waals surface area contributed by atoms with Crippen molar-refractivity contribution in [3.05, 3.63) is 57.1 Å². The van der Waals surface area contributed by atoms with Crippen molar-refractivity contribution in [2.24, 2.45) is 0 Å². The molecule has 2 aromatic rings. The predicted molar refractivity (Wildman–Crippen MR) is 120 cm³/mol. The summed E-state index contributed by atoms with van der Waals surface area (Å²) in [4.78, 5) is 29.8. The lowest BCUT2D eigenvalue weighted by molar-refractivity contribution is 0.0981. The van der Waals surface area contributed by atoms with Crippen molar-refractivity contribution in [1.82, 2.24) is 0 Å². The molecule has 0 bridgehead atoms. The van der Waals surface area contributed by atoms with Crippen LogP contribution in [0.5, 0.6) is 0 Å². The van der Waals surface area contributed by atoms with E-state index in [4.69, 9.17) is 4.74 Å². The van der Waals surface area contributed by atoms with Gasteiger partial charge in [0.15, 0.2) is 0 Å². The second-order valence-electron chi connectivity index (χ2n) is 7.38. The summed E-state index contributed by atoms with van der Waals surface area (Å²) in [5.74, 6) is -0.0599. The fraction of sp³-hybridized carbons (Fsp3) is 0.391. The average molecular weight is 459 g/mol. The van der Waals surface area contributed by atoms with Crippen LogP contribution >= 0.6 is 15.9 Å². The quantitative estimate of drug-likeness (QED) is 0.585. The van der Waals surface area contributed by atoms with E-state index in [1.165, 1.54) is 0 Å². The monoisotopic (exact) mass is 458 g/mol. The first-order valence-corrected chi connectivity index (χ1v) is 10.7. The molecule has 154 valence electrons. The van der Waals surface area contributed by atoms with Gasteiger partial charge in [0.2, 0.25) is 0 Å². The molecule has 6 heteroatoms. The molecular weight excluding hydrogens is 432 g/mol. The Hall–Kier alpha value is -2.34. The number of aryl methyl sites for hydroxylation is 2. The van der Waals surface area contributed by atoms with Crippen LogP contribution in [0.15, 0.2) is 34.8 Å². The smallest absolute Gasteiger partial charge is 0.414 e. The number of anilines is 2. The van der Waals surface area contributed by atoms with Gasteiger partial charge in [0.25, 0.3) is 5.91 Å². The van der Waals surface area contributed by atoms with E-state index in [1.807, 2.05) is 58.0 Å². The van der Waals surface area contributed by atoms with Crippen LogP contribution in [0.25, 0.3) is 0 Å². The summed E-state index contributed by atoms with van der Waals surface area (Å²) in [6.45, 7) is 10.5. The number of rotatable bonds is 3. The standard InChI is InChI=1S/C23H27BrN2O3/c1-6-17-13-25(22(27)18-9-8-10-19(24)16(18)5)20-11-14(3)15(4)12-21(20)26(17)23(28)29-7-2/h8-12,17H,6-7,13H2,1-5H3. The van der Waals surface area contributed by atoms with Crippen molar-refractivity contribution in [2.75, 3.05) is 23.0 Å². The maximum atomic E-state index is 13.6. The summed E-state index contributed by atoms with van der Waals surface area (Å²) < 4.78 is 6.24. The van der Waals surface area contributed by atoms with Crippen molar-refractivity contribution in [3.8, 4) is 0 Å². The Kier molecular flexibility index (Phi) is 6.32. The highest BCUT2D eigenvalue weighted by Gasteiger charge is 2.38. The fourth-order valence-electron chi connectivity index (χ4n) is 3.71. The Morgan fingerprint density at radius 3 is 2.38 bits per heavy atom. The third kappa shape index (κ3) is 3.90. The molecule has 0 radical (unpaired) electrons. The van der Waals surface area contributed by atoms with Crippen LogP contribution in [0.2, 0.25) is 0 Å². The molecule has 0 spiro atoms. The number of nitrogens with zero attached hydrogens (tertiary/aromatic N) is 2. The van der Waals surface area contributed by atoms with E-state index in [0.29, 0.717) is 25.1 Å². The number of benzene rings is 2. The predicted octanol–water partition coefficient (Wildman–Crippen LogP) is 5.78. The van der Waals surface area contributed by atoms with Crippen LogP contribution < -0.4 is 9.80 Å². The van der Waals surface area contributed by atoms with Crippen molar-refractivity contribution in [1.29, 1.82) is 0 Å². The van der Waals surface area contributed by atoms with E-state index >= 15 is 0 Å². The number of carbonyl (C=O) groups is 2. The largest absolute Gasteiger partial charge is 0.449 e. The minimum atomic E-state index is -0.366. The summed E-state index contributed by atoms with van der Waals surface area (Å²) in [6.07, 6.45) is 0.349. The van der Waals surface area contributed by atoms with Gasteiger partial charge in [-0.2, -0.15) is 0 Å². The maximum Gasteiger partial charge on any atom is 0.414 e. The van der Waals surface area contributed by atoms with Gasteiger partial charge in [-0.15, -0.1) is 0 Å². The number of carbonyl (C=O) groups excluding carboxylic acids is 2. The molecule has 2 amide bonds. The van der Waals surface area contributed by atoms with E-state index in [2.05, 4.69) is 15.9 Å². The van der Waals surface area contributed by atoms with Crippen LogP contribution in [-0.2, 0) is 4.74 Å².